The first-order chi connectivity index (χ1) is 14.6. The molecule has 0 unspecified atom stereocenters. The van der Waals surface area contributed by atoms with Crippen LogP contribution in [0.4, 0.5) is 16.2 Å². The fraction of sp³-hybridized carbons (Fsp3) is 0.208. The molecule has 6 nitrogen and oxygen atoms in total. The van der Waals surface area contributed by atoms with Crippen LogP contribution < -0.4 is 15.1 Å². The van der Waals surface area contributed by atoms with Crippen molar-refractivity contribution >= 4 is 52.5 Å². The fourth-order valence-corrected chi connectivity index (χ4v) is 4.14. The minimum absolute atomic E-state index is 0.156. The monoisotopic (exact) mass is 435 g/mol. The van der Waals surface area contributed by atoms with Gasteiger partial charge in [0, 0.05) is 23.3 Å². The van der Waals surface area contributed by atoms with E-state index in [4.69, 9.17) is 11.6 Å². The predicted octanol–water partition coefficient (Wildman–Crippen LogP) is 4.64. The largest absolute Gasteiger partial charge is 0.365 e. The summed E-state index contributed by atoms with van der Waals surface area (Å²) in [5.41, 5.74) is 3.60. The number of urea groups is 1. The Balaban J connectivity index is 1.79. The molecule has 2 heterocycles. The molecule has 31 heavy (non-hydrogen) atoms. The Labute approximate surface area is 185 Å². The van der Waals surface area contributed by atoms with Crippen LogP contribution in [0.1, 0.15) is 31.9 Å². The Hall–Kier alpha value is -3.38. The lowest BCUT2D eigenvalue weighted by atomic mass is 9.88. The summed E-state index contributed by atoms with van der Waals surface area (Å²) in [5, 5.41) is 2.64. The SMILES string of the molecule is CC1=CC(C)(C)N(C)c2cc(Cl)c(/C=C3/C(=O)NC(=O)N(c4ccccc4)C3=O)cc21. The number of halogens is 1. The molecule has 0 spiro atoms. The number of likely N-dealkylation sites (N-methyl/N-ethyl adjacent to an activating group) is 1. The van der Waals surface area contributed by atoms with Gasteiger partial charge in [-0.1, -0.05) is 35.9 Å². The van der Waals surface area contributed by atoms with Crippen molar-refractivity contribution in [2.45, 2.75) is 26.3 Å². The molecule has 7 heteroatoms. The van der Waals surface area contributed by atoms with Crippen molar-refractivity contribution in [2.24, 2.45) is 0 Å². The van der Waals surface area contributed by atoms with E-state index in [1.54, 1.807) is 30.3 Å². The molecule has 0 atom stereocenters. The number of hydrogen-bond acceptors (Lipinski definition) is 4. The molecule has 1 saturated heterocycles. The summed E-state index contributed by atoms with van der Waals surface area (Å²) in [4.78, 5) is 40.9. The maximum absolute atomic E-state index is 13.1. The number of benzene rings is 2. The number of nitrogens with one attached hydrogen (secondary N) is 1. The van der Waals surface area contributed by atoms with Gasteiger partial charge in [0.2, 0.25) is 0 Å². The Morgan fingerprint density at radius 1 is 1.06 bits per heavy atom. The number of carbonyl (C=O) groups excluding carboxylic acids is 3. The van der Waals surface area contributed by atoms with Crippen LogP contribution in [-0.4, -0.2) is 30.4 Å². The summed E-state index contributed by atoms with van der Waals surface area (Å²) in [6.07, 6.45) is 3.60. The van der Waals surface area contributed by atoms with E-state index in [-0.39, 0.29) is 11.1 Å². The van der Waals surface area contributed by atoms with Crippen molar-refractivity contribution in [3.05, 3.63) is 70.3 Å². The molecule has 1 fully saturated rings. The summed E-state index contributed by atoms with van der Waals surface area (Å²) >= 11 is 6.55. The molecule has 0 bridgehead atoms. The van der Waals surface area contributed by atoms with E-state index < -0.39 is 17.8 Å². The Morgan fingerprint density at radius 2 is 1.74 bits per heavy atom. The van der Waals surface area contributed by atoms with Gasteiger partial charge in [-0.2, -0.15) is 0 Å². The van der Waals surface area contributed by atoms with E-state index >= 15 is 0 Å². The van der Waals surface area contributed by atoms with Gasteiger partial charge in [-0.05, 0) is 62.2 Å². The molecule has 4 amide bonds. The van der Waals surface area contributed by atoms with Gasteiger partial charge in [-0.15, -0.1) is 0 Å². The molecule has 2 aromatic carbocycles. The van der Waals surface area contributed by atoms with E-state index in [9.17, 15) is 14.4 Å². The number of allylic oxidation sites excluding steroid dienone is 1. The third kappa shape index (κ3) is 3.53. The Kier molecular flexibility index (Phi) is 4.98. The predicted molar refractivity (Wildman–Crippen MR) is 123 cm³/mol. The fourth-order valence-electron chi connectivity index (χ4n) is 3.92. The molecule has 0 aliphatic carbocycles. The second-order valence-electron chi connectivity index (χ2n) is 8.22. The maximum atomic E-state index is 13.1. The van der Waals surface area contributed by atoms with Crippen LogP contribution in [0.3, 0.4) is 0 Å². The quantitative estimate of drug-likeness (QED) is 0.551. The van der Waals surface area contributed by atoms with Crippen molar-refractivity contribution in [1.82, 2.24) is 5.32 Å². The minimum atomic E-state index is -0.780. The van der Waals surface area contributed by atoms with Crippen molar-refractivity contribution in [1.29, 1.82) is 0 Å². The lowest BCUT2D eigenvalue weighted by Crippen LogP contribution is -2.54. The number of anilines is 2. The third-order valence-corrected chi connectivity index (χ3v) is 6.08. The molecular formula is C24H22ClN3O3. The van der Waals surface area contributed by atoms with E-state index in [1.165, 1.54) is 6.08 Å². The highest BCUT2D eigenvalue weighted by Crippen LogP contribution is 2.41. The highest BCUT2D eigenvalue weighted by Gasteiger charge is 2.37. The highest BCUT2D eigenvalue weighted by molar-refractivity contribution is 6.40. The number of fused-ring (bicyclic) bond motifs is 1. The summed E-state index contributed by atoms with van der Waals surface area (Å²) in [7, 11) is 2.00. The van der Waals surface area contributed by atoms with Gasteiger partial charge in [0.1, 0.15) is 5.57 Å². The first kappa shape index (κ1) is 20.9. The zero-order valence-corrected chi connectivity index (χ0v) is 18.4. The van der Waals surface area contributed by atoms with Crippen LogP contribution in [0.15, 0.2) is 54.1 Å². The van der Waals surface area contributed by atoms with E-state index in [1.807, 2.05) is 26.1 Å². The average molecular weight is 436 g/mol. The van der Waals surface area contributed by atoms with Crippen LogP contribution in [-0.2, 0) is 9.59 Å². The van der Waals surface area contributed by atoms with Gasteiger partial charge in [0.25, 0.3) is 11.8 Å². The first-order valence-electron chi connectivity index (χ1n) is 9.84. The molecule has 1 N–H and O–H groups in total. The van der Waals surface area contributed by atoms with Gasteiger partial charge in [0.15, 0.2) is 0 Å². The number of imide groups is 2. The highest BCUT2D eigenvalue weighted by atomic mass is 35.5. The molecule has 2 aromatic rings. The number of barbiturate groups is 1. The van der Waals surface area contributed by atoms with Gasteiger partial charge < -0.3 is 4.90 Å². The van der Waals surface area contributed by atoms with Gasteiger partial charge in [-0.25, -0.2) is 9.69 Å². The Bertz CT molecular complexity index is 1180. The van der Waals surface area contributed by atoms with Crippen LogP contribution in [0.5, 0.6) is 0 Å². The van der Waals surface area contributed by atoms with Crippen LogP contribution in [0.2, 0.25) is 5.02 Å². The van der Waals surface area contributed by atoms with Crippen LogP contribution in [0.25, 0.3) is 11.6 Å². The minimum Gasteiger partial charge on any atom is -0.365 e. The molecule has 0 radical (unpaired) electrons. The summed E-state index contributed by atoms with van der Waals surface area (Å²) < 4.78 is 0. The van der Waals surface area contributed by atoms with E-state index in [0.717, 1.165) is 21.7 Å². The number of rotatable bonds is 2. The second kappa shape index (κ2) is 7.39. The van der Waals surface area contributed by atoms with Crippen LogP contribution >= 0.6 is 11.6 Å². The lowest BCUT2D eigenvalue weighted by Gasteiger charge is -2.40. The molecular weight excluding hydrogens is 414 g/mol. The second-order valence-corrected chi connectivity index (χ2v) is 8.63. The molecule has 158 valence electrons. The lowest BCUT2D eigenvalue weighted by molar-refractivity contribution is -0.122. The number of amides is 4. The van der Waals surface area contributed by atoms with E-state index in [0.29, 0.717) is 16.3 Å². The summed E-state index contributed by atoms with van der Waals surface area (Å²) in [5.74, 6) is -1.44. The van der Waals surface area contributed by atoms with Crippen molar-refractivity contribution in [2.75, 3.05) is 16.8 Å². The van der Waals surface area contributed by atoms with Crippen LogP contribution in [0, 0.1) is 0 Å². The number of para-hydroxylation sites is 1. The Morgan fingerprint density at radius 3 is 2.42 bits per heavy atom. The number of hydrogen-bond donors (Lipinski definition) is 1. The van der Waals surface area contributed by atoms with Gasteiger partial charge in [-0.3, -0.25) is 14.9 Å². The average Bonchev–Trinajstić information content (AvgIpc) is 2.70. The zero-order valence-electron chi connectivity index (χ0n) is 17.7. The molecule has 2 aliphatic heterocycles. The number of nitrogens with zero attached hydrogens (tertiary/aromatic N) is 2. The van der Waals surface area contributed by atoms with Crippen molar-refractivity contribution < 1.29 is 14.4 Å². The topological polar surface area (TPSA) is 69.7 Å². The third-order valence-electron chi connectivity index (χ3n) is 5.75. The molecule has 4 rings (SSSR count). The maximum Gasteiger partial charge on any atom is 0.335 e. The molecule has 2 aliphatic rings. The zero-order chi connectivity index (χ0) is 22.5. The van der Waals surface area contributed by atoms with Gasteiger partial charge >= 0.3 is 6.03 Å². The van der Waals surface area contributed by atoms with Crippen molar-refractivity contribution in [3.63, 3.8) is 0 Å². The van der Waals surface area contributed by atoms with E-state index in [2.05, 4.69) is 30.1 Å². The summed E-state index contributed by atoms with van der Waals surface area (Å²) in [6.45, 7) is 6.25. The van der Waals surface area contributed by atoms with Crippen molar-refractivity contribution in [3.8, 4) is 0 Å². The summed E-state index contributed by atoms with van der Waals surface area (Å²) in [6, 6.07) is 11.4. The number of carbonyl (C=O) groups is 3. The molecule has 0 aromatic heterocycles. The molecule has 0 saturated carbocycles. The smallest absolute Gasteiger partial charge is 0.335 e. The van der Waals surface area contributed by atoms with Gasteiger partial charge in [0.05, 0.1) is 11.2 Å². The normalized spacial score (nSPS) is 19.3. The standard InChI is InChI=1S/C24H22ClN3O3/c1-14-13-24(2,3)27(4)20-12-19(25)15(10-17(14)20)11-18-21(29)26-23(31)28(22(18)30)16-8-6-5-7-9-16/h5-13H,1-4H3,(H,26,29,31)/b18-11-. The first-order valence-corrected chi connectivity index (χ1v) is 10.2.